The number of nitrogens with two attached hydrogens (primary N) is 1. The molecule has 2 heteroatoms. The molecular weight excluding hydrogens is 162 g/mol. The molecule has 0 heterocycles. The maximum absolute atomic E-state index is 5.81. The lowest BCUT2D eigenvalue weighted by molar-refractivity contribution is -0.0277. The molecule has 13 heavy (non-hydrogen) atoms. The molecular formula is C11H23NO. The molecule has 0 aromatic carbocycles. The lowest BCUT2D eigenvalue weighted by atomic mass is 10.0. The van der Waals surface area contributed by atoms with Gasteiger partial charge in [-0.2, -0.15) is 0 Å². The van der Waals surface area contributed by atoms with Crippen LogP contribution in [0.2, 0.25) is 0 Å². The van der Waals surface area contributed by atoms with E-state index in [1.807, 2.05) is 0 Å². The highest BCUT2D eigenvalue weighted by Gasteiger charge is 2.36. The van der Waals surface area contributed by atoms with E-state index in [1.165, 1.54) is 19.3 Å². The van der Waals surface area contributed by atoms with Crippen molar-refractivity contribution in [2.24, 2.45) is 11.1 Å². The zero-order chi connectivity index (χ0) is 9.95. The molecule has 0 saturated heterocycles. The fourth-order valence-corrected chi connectivity index (χ4v) is 1.46. The van der Waals surface area contributed by atoms with Crippen LogP contribution in [-0.4, -0.2) is 18.8 Å². The van der Waals surface area contributed by atoms with Gasteiger partial charge in [0.25, 0.3) is 0 Å². The first-order valence-electron chi connectivity index (χ1n) is 5.32. The fraction of sp³-hybridized carbons (Fsp3) is 1.00. The van der Waals surface area contributed by atoms with Crippen molar-refractivity contribution in [3.8, 4) is 0 Å². The summed E-state index contributed by atoms with van der Waals surface area (Å²) < 4.78 is 5.81. The third-order valence-corrected chi connectivity index (χ3v) is 3.05. The van der Waals surface area contributed by atoms with E-state index >= 15 is 0 Å². The lowest BCUT2D eigenvalue weighted by Gasteiger charge is -2.25. The van der Waals surface area contributed by atoms with Crippen molar-refractivity contribution < 1.29 is 4.74 Å². The number of hydrogen-bond acceptors (Lipinski definition) is 2. The van der Waals surface area contributed by atoms with Crippen LogP contribution in [0.25, 0.3) is 0 Å². The first-order chi connectivity index (χ1) is 5.97. The van der Waals surface area contributed by atoms with Crippen molar-refractivity contribution >= 4 is 0 Å². The van der Waals surface area contributed by atoms with Crippen LogP contribution in [0, 0.1) is 5.41 Å². The Morgan fingerprint density at radius 2 is 2.00 bits per heavy atom. The minimum Gasteiger partial charge on any atom is -0.376 e. The SMILES string of the molecule is CC1(CCOC(C)(C)CCN)CC1. The number of hydrogen-bond donors (Lipinski definition) is 1. The molecule has 2 N–H and O–H groups in total. The monoisotopic (exact) mass is 185 g/mol. The van der Waals surface area contributed by atoms with Gasteiger partial charge in [0.05, 0.1) is 5.60 Å². The van der Waals surface area contributed by atoms with Gasteiger partial charge in [-0.25, -0.2) is 0 Å². The Hall–Kier alpha value is -0.0800. The molecule has 1 aliphatic rings. The molecule has 0 bridgehead atoms. The summed E-state index contributed by atoms with van der Waals surface area (Å²) >= 11 is 0. The molecule has 1 aliphatic carbocycles. The van der Waals surface area contributed by atoms with Crippen LogP contribution < -0.4 is 5.73 Å². The maximum Gasteiger partial charge on any atom is 0.0638 e. The van der Waals surface area contributed by atoms with Crippen molar-refractivity contribution in [2.45, 2.75) is 52.1 Å². The fourth-order valence-electron chi connectivity index (χ4n) is 1.46. The van der Waals surface area contributed by atoms with Crippen molar-refractivity contribution in [3.63, 3.8) is 0 Å². The molecule has 1 saturated carbocycles. The quantitative estimate of drug-likeness (QED) is 0.689. The zero-order valence-electron chi connectivity index (χ0n) is 9.23. The molecule has 0 atom stereocenters. The third kappa shape index (κ3) is 4.10. The van der Waals surface area contributed by atoms with E-state index in [-0.39, 0.29) is 5.60 Å². The van der Waals surface area contributed by atoms with Crippen molar-refractivity contribution in [1.82, 2.24) is 0 Å². The second-order valence-electron chi connectivity index (χ2n) is 5.21. The Bertz CT molecular complexity index is 161. The molecule has 0 aromatic heterocycles. The average Bonchev–Trinajstić information content (AvgIpc) is 2.67. The summed E-state index contributed by atoms with van der Waals surface area (Å²) in [6.07, 6.45) is 4.92. The zero-order valence-corrected chi connectivity index (χ0v) is 9.23. The van der Waals surface area contributed by atoms with Gasteiger partial charge in [0, 0.05) is 6.61 Å². The Kier molecular flexibility index (Phi) is 3.36. The van der Waals surface area contributed by atoms with Gasteiger partial charge in [-0.3, -0.25) is 0 Å². The van der Waals surface area contributed by atoms with E-state index in [1.54, 1.807) is 0 Å². The van der Waals surface area contributed by atoms with Gasteiger partial charge in [0.2, 0.25) is 0 Å². The van der Waals surface area contributed by atoms with Gasteiger partial charge >= 0.3 is 0 Å². The second-order valence-corrected chi connectivity index (χ2v) is 5.21. The predicted molar refractivity (Wildman–Crippen MR) is 55.7 cm³/mol. The number of rotatable bonds is 6. The Labute approximate surface area is 81.8 Å². The summed E-state index contributed by atoms with van der Waals surface area (Å²) in [6, 6.07) is 0. The standard InChI is InChI=1S/C11H23NO/c1-10(2,6-8-12)13-9-7-11(3)4-5-11/h4-9,12H2,1-3H3. The topological polar surface area (TPSA) is 35.2 Å². The summed E-state index contributed by atoms with van der Waals surface area (Å²) in [5, 5.41) is 0. The molecule has 1 rings (SSSR count). The van der Waals surface area contributed by atoms with Crippen LogP contribution in [0.1, 0.15) is 46.5 Å². The van der Waals surface area contributed by atoms with Gasteiger partial charge < -0.3 is 10.5 Å². The first-order valence-corrected chi connectivity index (χ1v) is 5.32. The third-order valence-electron chi connectivity index (χ3n) is 3.05. The van der Waals surface area contributed by atoms with Crippen LogP contribution in [0.15, 0.2) is 0 Å². The molecule has 0 aliphatic heterocycles. The van der Waals surface area contributed by atoms with Crippen molar-refractivity contribution in [1.29, 1.82) is 0 Å². The van der Waals surface area contributed by atoms with Gasteiger partial charge in [-0.05, 0) is 51.5 Å². The highest BCUT2D eigenvalue weighted by atomic mass is 16.5. The summed E-state index contributed by atoms with van der Waals surface area (Å²) in [4.78, 5) is 0. The van der Waals surface area contributed by atoms with Crippen molar-refractivity contribution in [2.75, 3.05) is 13.2 Å². The van der Waals surface area contributed by atoms with Crippen LogP contribution >= 0.6 is 0 Å². The van der Waals surface area contributed by atoms with Gasteiger partial charge in [0.1, 0.15) is 0 Å². The smallest absolute Gasteiger partial charge is 0.0638 e. The van der Waals surface area contributed by atoms with E-state index in [0.717, 1.165) is 13.0 Å². The highest BCUT2D eigenvalue weighted by Crippen LogP contribution is 2.48. The van der Waals surface area contributed by atoms with Crippen LogP contribution in [0.5, 0.6) is 0 Å². The summed E-state index contributed by atoms with van der Waals surface area (Å²) in [7, 11) is 0. The summed E-state index contributed by atoms with van der Waals surface area (Å²) in [5.41, 5.74) is 6.09. The minimum absolute atomic E-state index is 0.0278. The largest absolute Gasteiger partial charge is 0.376 e. The van der Waals surface area contributed by atoms with Crippen LogP contribution in [-0.2, 0) is 4.74 Å². The van der Waals surface area contributed by atoms with Gasteiger partial charge in [-0.15, -0.1) is 0 Å². The molecule has 1 fully saturated rings. The summed E-state index contributed by atoms with van der Waals surface area (Å²) in [6.45, 7) is 8.18. The Morgan fingerprint density at radius 3 is 2.46 bits per heavy atom. The maximum atomic E-state index is 5.81. The highest BCUT2D eigenvalue weighted by molar-refractivity contribution is 4.88. The molecule has 78 valence electrons. The van der Waals surface area contributed by atoms with Gasteiger partial charge in [-0.1, -0.05) is 6.92 Å². The van der Waals surface area contributed by atoms with Crippen molar-refractivity contribution in [3.05, 3.63) is 0 Å². The summed E-state index contributed by atoms with van der Waals surface area (Å²) in [5.74, 6) is 0. The lowest BCUT2D eigenvalue weighted by Crippen LogP contribution is -2.28. The van der Waals surface area contributed by atoms with E-state index < -0.39 is 0 Å². The van der Waals surface area contributed by atoms with E-state index in [4.69, 9.17) is 10.5 Å². The second kappa shape index (κ2) is 3.97. The molecule has 0 radical (unpaired) electrons. The molecule has 0 unspecified atom stereocenters. The average molecular weight is 185 g/mol. The predicted octanol–water partition coefficient (Wildman–Crippen LogP) is 2.32. The normalized spacial score (nSPS) is 20.3. The van der Waals surface area contributed by atoms with E-state index in [0.29, 0.717) is 12.0 Å². The molecule has 0 amide bonds. The Balaban J connectivity index is 2.10. The van der Waals surface area contributed by atoms with E-state index in [9.17, 15) is 0 Å². The van der Waals surface area contributed by atoms with E-state index in [2.05, 4.69) is 20.8 Å². The van der Waals surface area contributed by atoms with Gasteiger partial charge in [0.15, 0.2) is 0 Å². The van der Waals surface area contributed by atoms with Crippen LogP contribution in [0.3, 0.4) is 0 Å². The van der Waals surface area contributed by atoms with Crippen LogP contribution in [0.4, 0.5) is 0 Å². The molecule has 0 spiro atoms. The first kappa shape index (κ1) is 11.0. The molecule has 0 aromatic rings. The molecule has 2 nitrogen and oxygen atoms in total. The Morgan fingerprint density at radius 1 is 1.38 bits per heavy atom. The number of ether oxygens (including phenoxy) is 1. The minimum atomic E-state index is -0.0278.